The molecule has 3 aromatic rings. The Hall–Kier alpha value is -2.68. The molecule has 8 heteroatoms. The molecule has 6 nitrogen and oxygen atoms in total. The summed E-state index contributed by atoms with van der Waals surface area (Å²) in [5, 5.41) is 6.51. The minimum Gasteiger partial charge on any atom is -0.468 e. The second kappa shape index (κ2) is 8.81. The number of hydrogen-bond donors (Lipinski definition) is 3. The van der Waals surface area contributed by atoms with Gasteiger partial charge in [-0.15, -0.1) is 0 Å². The lowest BCUT2D eigenvalue weighted by Gasteiger charge is -2.12. The Kier molecular flexibility index (Phi) is 6.23. The zero-order chi connectivity index (χ0) is 19.1. The number of nitrogens with one attached hydrogen (secondary N) is 3. The molecule has 3 N–H and O–H groups in total. The van der Waals surface area contributed by atoms with E-state index in [9.17, 15) is 8.42 Å². The molecule has 0 aliphatic carbocycles. The van der Waals surface area contributed by atoms with Crippen molar-refractivity contribution < 1.29 is 12.8 Å². The number of rotatable bonds is 7. The van der Waals surface area contributed by atoms with Crippen LogP contribution in [0.15, 0.2) is 82.3 Å². The van der Waals surface area contributed by atoms with Crippen LogP contribution >= 0.6 is 12.2 Å². The van der Waals surface area contributed by atoms with Crippen molar-refractivity contribution in [2.45, 2.75) is 18.0 Å². The molecule has 0 atom stereocenters. The van der Waals surface area contributed by atoms with E-state index in [-0.39, 0.29) is 11.4 Å². The zero-order valence-corrected chi connectivity index (χ0v) is 16.0. The molecule has 0 saturated heterocycles. The molecule has 1 heterocycles. The van der Waals surface area contributed by atoms with Crippen molar-refractivity contribution >= 4 is 33.0 Å². The maximum absolute atomic E-state index is 12.4. The van der Waals surface area contributed by atoms with Gasteiger partial charge >= 0.3 is 0 Å². The van der Waals surface area contributed by atoms with Gasteiger partial charge in [0.2, 0.25) is 10.0 Å². The standard InChI is InChI=1S/C19H19N3O3S2/c23-27(24,21-14-17-9-5-11-25-17)18-10-4-8-16(12-18)22-19(26)20-13-15-6-2-1-3-7-15/h1-12,21H,13-14H2,(H2,20,22,26). The molecular formula is C19H19N3O3S2. The Morgan fingerprint density at radius 3 is 2.52 bits per heavy atom. The van der Waals surface area contributed by atoms with Gasteiger partial charge in [-0.05, 0) is 48.1 Å². The lowest BCUT2D eigenvalue weighted by molar-refractivity contribution is 0.498. The molecule has 1 aromatic heterocycles. The predicted molar refractivity (Wildman–Crippen MR) is 109 cm³/mol. The van der Waals surface area contributed by atoms with Crippen LogP contribution in [0.3, 0.4) is 0 Å². The Labute approximate surface area is 163 Å². The number of anilines is 1. The minimum atomic E-state index is -3.66. The van der Waals surface area contributed by atoms with Gasteiger partial charge in [0, 0.05) is 12.2 Å². The van der Waals surface area contributed by atoms with Crippen LogP contribution in [0.25, 0.3) is 0 Å². The summed E-state index contributed by atoms with van der Waals surface area (Å²) in [7, 11) is -3.66. The molecule has 2 aromatic carbocycles. The van der Waals surface area contributed by atoms with Gasteiger partial charge in [0.1, 0.15) is 5.76 Å². The maximum atomic E-state index is 12.4. The van der Waals surface area contributed by atoms with Crippen molar-refractivity contribution in [1.29, 1.82) is 0 Å². The Balaban J connectivity index is 1.60. The van der Waals surface area contributed by atoms with E-state index in [2.05, 4.69) is 15.4 Å². The van der Waals surface area contributed by atoms with Crippen LogP contribution in [0.4, 0.5) is 5.69 Å². The fraction of sp³-hybridized carbons (Fsp3) is 0.105. The van der Waals surface area contributed by atoms with Crippen molar-refractivity contribution in [2.24, 2.45) is 0 Å². The van der Waals surface area contributed by atoms with E-state index in [0.29, 0.717) is 23.1 Å². The highest BCUT2D eigenvalue weighted by molar-refractivity contribution is 7.89. The van der Waals surface area contributed by atoms with Crippen LogP contribution in [0.1, 0.15) is 11.3 Å². The maximum Gasteiger partial charge on any atom is 0.241 e. The van der Waals surface area contributed by atoms with Gasteiger partial charge in [-0.2, -0.15) is 0 Å². The summed E-state index contributed by atoms with van der Waals surface area (Å²) in [6.45, 7) is 0.666. The summed E-state index contributed by atoms with van der Waals surface area (Å²) in [5.74, 6) is 0.541. The van der Waals surface area contributed by atoms with Gasteiger partial charge in [0.25, 0.3) is 0 Å². The molecule has 0 unspecified atom stereocenters. The van der Waals surface area contributed by atoms with Crippen LogP contribution in [0.2, 0.25) is 0 Å². The molecule has 0 aliphatic heterocycles. The number of sulfonamides is 1. The second-order valence-corrected chi connectivity index (χ2v) is 7.90. The third-order valence-corrected chi connectivity index (χ3v) is 5.36. The first-order valence-corrected chi connectivity index (χ1v) is 10.1. The van der Waals surface area contributed by atoms with E-state index in [1.165, 1.54) is 18.4 Å². The van der Waals surface area contributed by atoms with E-state index in [0.717, 1.165) is 5.56 Å². The van der Waals surface area contributed by atoms with E-state index < -0.39 is 10.0 Å². The normalized spacial score (nSPS) is 11.1. The van der Waals surface area contributed by atoms with Crippen molar-refractivity contribution in [3.63, 3.8) is 0 Å². The van der Waals surface area contributed by atoms with E-state index in [4.69, 9.17) is 16.6 Å². The first-order valence-electron chi connectivity index (χ1n) is 8.24. The SMILES string of the molecule is O=S(=O)(NCc1ccco1)c1cccc(NC(=S)NCc2ccccc2)c1. The lowest BCUT2D eigenvalue weighted by atomic mass is 10.2. The summed E-state index contributed by atoms with van der Waals surface area (Å²) >= 11 is 5.28. The number of benzene rings is 2. The fourth-order valence-electron chi connectivity index (χ4n) is 2.36. The summed E-state index contributed by atoms with van der Waals surface area (Å²) in [5.41, 5.74) is 1.68. The highest BCUT2D eigenvalue weighted by Gasteiger charge is 2.15. The van der Waals surface area contributed by atoms with Crippen molar-refractivity contribution in [3.8, 4) is 0 Å². The van der Waals surface area contributed by atoms with Crippen LogP contribution in [-0.4, -0.2) is 13.5 Å². The van der Waals surface area contributed by atoms with Gasteiger partial charge < -0.3 is 15.1 Å². The van der Waals surface area contributed by atoms with E-state index in [1.54, 1.807) is 24.3 Å². The quantitative estimate of drug-likeness (QED) is 0.527. The summed E-state index contributed by atoms with van der Waals surface area (Å²) < 4.78 is 32.5. The third kappa shape index (κ3) is 5.65. The lowest BCUT2D eigenvalue weighted by Crippen LogP contribution is -2.28. The van der Waals surface area contributed by atoms with E-state index in [1.807, 2.05) is 30.3 Å². The van der Waals surface area contributed by atoms with Crippen molar-refractivity contribution in [3.05, 3.63) is 84.3 Å². The van der Waals surface area contributed by atoms with Crippen LogP contribution < -0.4 is 15.4 Å². The smallest absolute Gasteiger partial charge is 0.241 e. The summed E-state index contributed by atoms with van der Waals surface area (Å²) in [6.07, 6.45) is 1.50. The van der Waals surface area contributed by atoms with Gasteiger partial charge in [0.15, 0.2) is 5.11 Å². The average molecular weight is 402 g/mol. The molecule has 0 bridgehead atoms. The molecule has 0 aliphatic rings. The van der Waals surface area contributed by atoms with Gasteiger partial charge in [0.05, 0.1) is 17.7 Å². The zero-order valence-electron chi connectivity index (χ0n) is 14.4. The largest absolute Gasteiger partial charge is 0.468 e. The molecule has 0 spiro atoms. The second-order valence-electron chi connectivity index (χ2n) is 5.73. The van der Waals surface area contributed by atoms with E-state index >= 15 is 0 Å². The first kappa shape index (κ1) is 19.1. The Morgan fingerprint density at radius 2 is 1.78 bits per heavy atom. The molecule has 140 valence electrons. The first-order chi connectivity index (χ1) is 13.0. The Bertz CT molecular complexity index is 988. The molecule has 0 radical (unpaired) electrons. The molecule has 0 saturated carbocycles. The summed E-state index contributed by atoms with van der Waals surface area (Å²) in [6, 6.07) is 19.7. The highest BCUT2D eigenvalue weighted by Crippen LogP contribution is 2.16. The Morgan fingerprint density at radius 1 is 0.963 bits per heavy atom. The third-order valence-electron chi connectivity index (χ3n) is 3.71. The summed E-state index contributed by atoms with van der Waals surface area (Å²) in [4.78, 5) is 0.143. The van der Waals surface area contributed by atoms with Gasteiger partial charge in [-0.1, -0.05) is 36.4 Å². The number of thiocarbonyl (C=S) groups is 1. The van der Waals surface area contributed by atoms with Gasteiger partial charge in [-0.25, -0.2) is 13.1 Å². The van der Waals surface area contributed by atoms with Crippen LogP contribution in [-0.2, 0) is 23.1 Å². The van der Waals surface area contributed by atoms with Crippen LogP contribution in [0, 0.1) is 0 Å². The molecule has 0 amide bonds. The van der Waals surface area contributed by atoms with Crippen LogP contribution in [0.5, 0.6) is 0 Å². The average Bonchev–Trinajstić information content (AvgIpc) is 3.20. The van der Waals surface area contributed by atoms with Gasteiger partial charge in [-0.3, -0.25) is 0 Å². The molecular weight excluding hydrogens is 382 g/mol. The molecule has 27 heavy (non-hydrogen) atoms. The minimum absolute atomic E-state index is 0.0873. The topological polar surface area (TPSA) is 83.4 Å². The fourth-order valence-corrected chi connectivity index (χ4v) is 3.59. The molecule has 3 rings (SSSR count). The van der Waals surface area contributed by atoms with Crippen molar-refractivity contribution in [1.82, 2.24) is 10.0 Å². The molecule has 0 fully saturated rings. The highest BCUT2D eigenvalue weighted by atomic mass is 32.2. The number of hydrogen-bond acceptors (Lipinski definition) is 4. The van der Waals surface area contributed by atoms with Crippen molar-refractivity contribution in [2.75, 3.05) is 5.32 Å². The predicted octanol–water partition coefficient (Wildman–Crippen LogP) is 3.24. The monoisotopic (exact) mass is 401 g/mol. The number of furan rings is 1.